The van der Waals surface area contributed by atoms with Crippen LogP contribution in [0.15, 0.2) is 42.5 Å². The molecule has 0 saturated carbocycles. The van der Waals surface area contributed by atoms with E-state index in [0.29, 0.717) is 26.2 Å². The highest BCUT2D eigenvalue weighted by atomic mass is 16.3. The van der Waals surface area contributed by atoms with E-state index in [4.69, 9.17) is 0 Å². The summed E-state index contributed by atoms with van der Waals surface area (Å²) in [4.78, 5) is 19.4. The fourth-order valence-electron chi connectivity index (χ4n) is 5.40. The molecule has 170 valence electrons. The van der Waals surface area contributed by atoms with Crippen molar-refractivity contribution < 1.29 is 15.0 Å². The maximum absolute atomic E-state index is 13.1. The van der Waals surface area contributed by atoms with Gasteiger partial charge in [-0.1, -0.05) is 24.3 Å². The molecule has 0 aliphatic carbocycles. The Morgan fingerprint density at radius 3 is 2.62 bits per heavy atom. The van der Waals surface area contributed by atoms with Gasteiger partial charge in [0.2, 0.25) is 0 Å². The van der Waals surface area contributed by atoms with Crippen LogP contribution in [0, 0.1) is 0 Å². The molecule has 1 fully saturated rings. The van der Waals surface area contributed by atoms with Crippen LogP contribution in [0.25, 0.3) is 0 Å². The lowest BCUT2D eigenvalue weighted by atomic mass is 9.96. The molecule has 2 atom stereocenters. The number of benzene rings is 2. The second-order valence-corrected chi connectivity index (χ2v) is 9.49. The molecule has 2 unspecified atom stereocenters. The number of aliphatic hydroxyl groups excluding tert-OH is 2. The zero-order valence-electron chi connectivity index (χ0n) is 18.6. The maximum Gasteiger partial charge on any atom is 0.254 e. The van der Waals surface area contributed by atoms with Gasteiger partial charge in [0.1, 0.15) is 0 Å². The number of amides is 1. The molecule has 2 N–H and O–H groups in total. The Kier molecular flexibility index (Phi) is 6.17. The summed E-state index contributed by atoms with van der Waals surface area (Å²) in [6, 6.07) is 14.5. The van der Waals surface area contributed by atoms with Crippen LogP contribution in [-0.4, -0.2) is 77.4 Å². The van der Waals surface area contributed by atoms with Gasteiger partial charge in [0.05, 0.1) is 12.2 Å². The molecule has 2 aromatic rings. The predicted molar refractivity (Wildman–Crippen MR) is 125 cm³/mol. The van der Waals surface area contributed by atoms with E-state index in [1.54, 1.807) is 4.90 Å². The molecule has 6 nitrogen and oxygen atoms in total. The summed E-state index contributed by atoms with van der Waals surface area (Å²) in [7, 11) is 0. The van der Waals surface area contributed by atoms with E-state index in [-0.39, 0.29) is 12.0 Å². The van der Waals surface area contributed by atoms with E-state index in [9.17, 15) is 15.0 Å². The third-order valence-corrected chi connectivity index (χ3v) is 7.13. The molecular formula is C26H33N3O3. The SMILES string of the molecule is O=C1c2ccc(N3CCCC(O)C3)cc2CCN1CC(O)CN1CCc2ccccc2C1. The van der Waals surface area contributed by atoms with Gasteiger partial charge in [0.15, 0.2) is 0 Å². The van der Waals surface area contributed by atoms with Gasteiger partial charge in [-0.05, 0) is 60.6 Å². The standard InChI is InChI=1S/C26H33N3O3/c30-23-6-3-11-28(17-23)22-7-8-25-20(14-22)10-13-29(26(25)32)18-24(31)16-27-12-9-19-4-1-2-5-21(19)15-27/h1-2,4-5,7-8,14,23-24,30-31H,3,6,9-13,15-18H2. The third kappa shape index (κ3) is 4.53. The average molecular weight is 436 g/mol. The Labute approximate surface area is 190 Å². The first-order valence-electron chi connectivity index (χ1n) is 11.9. The van der Waals surface area contributed by atoms with Crippen molar-refractivity contribution in [1.29, 1.82) is 0 Å². The minimum atomic E-state index is -0.556. The third-order valence-electron chi connectivity index (χ3n) is 7.13. The highest BCUT2D eigenvalue weighted by Gasteiger charge is 2.28. The first kappa shape index (κ1) is 21.4. The zero-order chi connectivity index (χ0) is 22.1. The topological polar surface area (TPSA) is 67.2 Å². The normalized spacial score (nSPS) is 22.4. The minimum Gasteiger partial charge on any atom is -0.391 e. The van der Waals surface area contributed by atoms with Crippen LogP contribution in [0.2, 0.25) is 0 Å². The number of aliphatic hydroxyl groups is 2. The van der Waals surface area contributed by atoms with E-state index >= 15 is 0 Å². The fraction of sp³-hybridized carbons (Fsp3) is 0.500. The van der Waals surface area contributed by atoms with Crippen LogP contribution >= 0.6 is 0 Å². The summed E-state index contributed by atoms with van der Waals surface area (Å²) in [6.45, 7) is 5.00. The monoisotopic (exact) mass is 435 g/mol. The van der Waals surface area contributed by atoms with Gasteiger partial charge in [0, 0.05) is 57.1 Å². The quantitative estimate of drug-likeness (QED) is 0.753. The van der Waals surface area contributed by atoms with Crippen LogP contribution in [0.3, 0.4) is 0 Å². The molecule has 3 heterocycles. The molecule has 3 aliphatic heterocycles. The van der Waals surface area contributed by atoms with E-state index in [1.165, 1.54) is 11.1 Å². The molecule has 5 rings (SSSR count). The Morgan fingerprint density at radius 2 is 1.78 bits per heavy atom. The van der Waals surface area contributed by atoms with E-state index in [2.05, 4.69) is 40.1 Å². The molecule has 0 aromatic heterocycles. The summed E-state index contributed by atoms with van der Waals surface area (Å²) in [5.74, 6) is 0.0134. The molecule has 0 bridgehead atoms. The van der Waals surface area contributed by atoms with Gasteiger partial charge in [-0.15, -0.1) is 0 Å². The van der Waals surface area contributed by atoms with Gasteiger partial charge < -0.3 is 20.0 Å². The second-order valence-electron chi connectivity index (χ2n) is 9.49. The first-order valence-corrected chi connectivity index (χ1v) is 11.9. The number of anilines is 1. The highest BCUT2D eigenvalue weighted by Crippen LogP contribution is 2.27. The lowest BCUT2D eigenvalue weighted by molar-refractivity contribution is 0.0493. The molecule has 6 heteroatoms. The number of β-amino-alcohol motifs (C(OH)–C–C–N with tert-alkyl or cyclic N) is 2. The summed E-state index contributed by atoms with van der Waals surface area (Å²) in [5.41, 5.74) is 5.65. The molecule has 0 spiro atoms. The smallest absolute Gasteiger partial charge is 0.254 e. The van der Waals surface area contributed by atoms with E-state index < -0.39 is 6.10 Å². The molecule has 32 heavy (non-hydrogen) atoms. The van der Waals surface area contributed by atoms with Crippen LogP contribution in [0.4, 0.5) is 5.69 Å². The zero-order valence-corrected chi connectivity index (χ0v) is 18.6. The van der Waals surface area contributed by atoms with Crippen molar-refractivity contribution in [2.45, 2.75) is 44.4 Å². The van der Waals surface area contributed by atoms with Crippen LogP contribution < -0.4 is 4.90 Å². The fourth-order valence-corrected chi connectivity index (χ4v) is 5.40. The summed E-state index contributed by atoms with van der Waals surface area (Å²) in [5, 5.41) is 20.7. The lowest BCUT2D eigenvalue weighted by Gasteiger charge is -2.35. The van der Waals surface area contributed by atoms with E-state index in [0.717, 1.165) is 62.1 Å². The second kappa shape index (κ2) is 9.22. The molecule has 1 saturated heterocycles. The maximum atomic E-state index is 13.1. The number of fused-ring (bicyclic) bond motifs is 2. The first-order chi connectivity index (χ1) is 15.6. The summed E-state index contributed by atoms with van der Waals surface area (Å²) in [6.07, 6.45) is 2.84. The van der Waals surface area contributed by atoms with Gasteiger partial charge in [-0.25, -0.2) is 0 Å². The molecular weight excluding hydrogens is 402 g/mol. The lowest BCUT2D eigenvalue weighted by Crippen LogP contribution is -2.46. The predicted octanol–water partition coefficient (Wildman–Crippen LogP) is 2.07. The average Bonchev–Trinajstić information content (AvgIpc) is 2.80. The summed E-state index contributed by atoms with van der Waals surface area (Å²) >= 11 is 0. The van der Waals surface area contributed by atoms with Crippen molar-refractivity contribution in [1.82, 2.24) is 9.80 Å². The number of piperidine rings is 1. The van der Waals surface area contributed by atoms with Crippen molar-refractivity contribution in [2.75, 3.05) is 44.2 Å². The van der Waals surface area contributed by atoms with Crippen molar-refractivity contribution >= 4 is 11.6 Å². The number of carbonyl (C=O) groups is 1. The number of carbonyl (C=O) groups excluding carboxylic acids is 1. The molecule has 2 aromatic carbocycles. The van der Waals surface area contributed by atoms with Crippen molar-refractivity contribution in [3.8, 4) is 0 Å². The van der Waals surface area contributed by atoms with Gasteiger partial charge in [-0.2, -0.15) is 0 Å². The van der Waals surface area contributed by atoms with Gasteiger partial charge in [0.25, 0.3) is 5.91 Å². The van der Waals surface area contributed by atoms with Crippen LogP contribution in [0.1, 0.15) is 39.9 Å². The van der Waals surface area contributed by atoms with Gasteiger partial charge in [-0.3, -0.25) is 9.69 Å². The number of hydrogen-bond acceptors (Lipinski definition) is 5. The molecule has 3 aliphatic rings. The molecule has 0 radical (unpaired) electrons. The number of nitrogens with zero attached hydrogens (tertiary/aromatic N) is 3. The minimum absolute atomic E-state index is 0.0134. The van der Waals surface area contributed by atoms with Gasteiger partial charge >= 0.3 is 0 Å². The molecule has 1 amide bonds. The largest absolute Gasteiger partial charge is 0.391 e. The Hall–Kier alpha value is -2.41. The Balaban J connectivity index is 1.19. The Bertz CT molecular complexity index is 979. The van der Waals surface area contributed by atoms with Crippen molar-refractivity contribution in [3.05, 3.63) is 64.7 Å². The highest BCUT2D eigenvalue weighted by molar-refractivity contribution is 5.97. The summed E-state index contributed by atoms with van der Waals surface area (Å²) < 4.78 is 0. The van der Waals surface area contributed by atoms with Crippen molar-refractivity contribution in [3.63, 3.8) is 0 Å². The number of rotatable bonds is 5. The van der Waals surface area contributed by atoms with Crippen LogP contribution in [-0.2, 0) is 19.4 Å². The number of hydrogen-bond donors (Lipinski definition) is 2. The van der Waals surface area contributed by atoms with Crippen LogP contribution in [0.5, 0.6) is 0 Å². The Morgan fingerprint density at radius 1 is 0.969 bits per heavy atom. The van der Waals surface area contributed by atoms with E-state index in [1.807, 2.05) is 12.1 Å². The van der Waals surface area contributed by atoms with Crippen molar-refractivity contribution in [2.24, 2.45) is 0 Å².